The van der Waals surface area contributed by atoms with Crippen LogP contribution >= 0.6 is 0 Å². The van der Waals surface area contributed by atoms with Crippen LogP contribution in [0.4, 0.5) is 0 Å². The second-order valence-electron chi connectivity index (χ2n) is 7.76. The van der Waals surface area contributed by atoms with Gasteiger partial charge in [0.25, 0.3) is 5.91 Å². The first-order valence-corrected chi connectivity index (χ1v) is 12.2. The van der Waals surface area contributed by atoms with E-state index < -0.39 is 16.0 Å². The highest BCUT2D eigenvalue weighted by molar-refractivity contribution is 7.89. The van der Waals surface area contributed by atoms with Gasteiger partial charge >= 0.3 is 5.97 Å². The van der Waals surface area contributed by atoms with Crippen LogP contribution in [0.1, 0.15) is 33.6 Å². The number of methoxy groups -OCH3 is 1. The molecular formula is C23H27N3O7S. The molecule has 0 bridgehead atoms. The molecule has 0 spiro atoms. The molecule has 1 saturated heterocycles. The van der Waals surface area contributed by atoms with Crippen molar-refractivity contribution >= 4 is 27.8 Å². The first-order valence-electron chi connectivity index (χ1n) is 10.8. The van der Waals surface area contributed by atoms with Gasteiger partial charge in [0.1, 0.15) is 5.75 Å². The lowest BCUT2D eigenvalue weighted by molar-refractivity contribution is -0.126. The summed E-state index contributed by atoms with van der Waals surface area (Å²) in [7, 11) is -2.73. The number of phenolic OH excluding ortho intramolecular Hbond substituents is 1. The molecule has 1 fully saturated rings. The van der Waals surface area contributed by atoms with Gasteiger partial charge in [-0.2, -0.15) is 4.31 Å². The molecule has 182 valence electrons. The minimum absolute atomic E-state index is 0.0285. The van der Waals surface area contributed by atoms with Gasteiger partial charge in [-0.1, -0.05) is 12.1 Å². The molecule has 0 saturated carbocycles. The van der Waals surface area contributed by atoms with Crippen molar-refractivity contribution in [3.05, 3.63) is 59.7 Å². The number of sulfonamides is 1. The molecule has 11 heteroatoms. The molecule has 0 atom stereocenters. The van der Waals surface area contributed by atoms with Crippen LogP contribution in [-0.2, 0) is 19.6 Å². The molecule has 2 aromatic rings. The molecule has 0 unspecified atom stereocenters. The Kier molecular flexibility index (Phi) is 8.24. The van der Waals surface area contributed by atoms with Crippen LogP contribution in [0.5, 0.6) is 5.75 Å². The van der Waals surface area contributed by atoms with E-state index in [1.165, 1.54) is 47.8 Å². The predicted octanol–water partition coefficient (Wildman–Crippen LogP) is 1.13. The van der Waals surface area contributed by atoms with Crippen molar-refractivity contribution < 1.29 is 32.6 Å². The fourth-order valence-electron chi connectivity index (χ4n) is 3.69. The number of hydrogen-bond donors (Lipinski definition) is 3. The van der Waals surface area contributed by atoms with E-state index in [4.69, 9.17) is 0 Å². The highest BCUT2D eigenvalue weighted by atomic mass is 32.2. The Morgan fingerprint density at radius 3 is 2.26 bits per heavy atom. The normalized spacial score (nSPS) is 14.9. The number of amides is 2. The van der Waals surface area contributed by atoms with Crippen molar-refractivity contribution in [1.29, 1.82) is 0 Å². The van der Waals surface area contributed by atoms with E-state index in [1.807, 2.05) is 0 Å². The lowest BCUT2D eigenvalue weighted by atomic mass is 9.97. The van der Waals surface area contributed by atoms with E-state index >= 15 is 0 Å². The molecule has 10 nitrogen and oxygen atoms in total. The number of carbonyl (C=O) groups is 3. The Hall–Kier alpha value is -3.44. The first-order chi connectivity index (χ1) is 16.2. The molecule has 2 amide bonds. The molecule has 0 aliphatic carbocycles. The van der Waals surface area contributed by atoms with Crippen LogP contribution < -0.4 is 10.6 Å². The molecule has 3 rings (SSSR count). The van der Waals surface area contributed by atoms with Gasteiger partial charge < -0.3 is 20.5 Å². The van der Waals surface area contributed by atoms with Crippen molar-refractivity contribution in [2.45, 2.75) is 17.7 Å². The molecule has 2 aromatic carbocycles. The maximum absolute atomic E-state index is 13.1. The number of carbonyl (C=O) groups excluding carboxylic acids is 3. The third kappa shape index (κ3) is 5.91. The number of rotatable bonds is 8. The molecule has 1 heterocycles. The Labute approximate surface area is 198 Å². The van der Waals surface area contributed by atoms with E-state index in [-0.39, 0.29) is 60.1 Å². The number of esters is 1. The molecule has 34 heavy (non-hydrogen) atoms. The topological polar surface area (TPSA) is 142 Å². The van der Waals surface area contributed by atoms with Gasteiger partial charge in [-0.25, -0.2) is 13.2 Å². The lowest BCUT2D eigenvalue weighted by Gasteiger charge is -2.31. The van der Waals surface area contributed by atoms with Crippen LogP contribution in [-0.4, -0.2) is 68.9 Å². The zero-order valence-corrected chi connectivity index (χ0v) is 19.5. The number of ether oxygens (including phenoxy) is 1. The number of phenols is 1. The monoisotopic (exact) mass is 489 g/mol. The van der Waals surface area contributed by atoms with E-state index in [0.717, 1.165) is 0 Å². The largest absolute Gasteiger partial charge is 0.508 e. The van der Waals surface area contributed by atoms with Gasteiger partial charge in [0.15, 0.2) is 0 Å². The fraction of sp³-hybridized carbons (Fsp3) is 0.348. The molecule has 3 N–H and O–H groups in total. The summed E-state index contributed by atoms with van der Waals surface area (Å²) in [6.07, 6.45) is 0.677. The van der Waals surface area contributed by atoms with Crippen molar-refractivity contribution in [2.75, 3.05) is 33.3 Å². The maximum Gasteiger partial charge on any atom is 0.339 e. The standard InChI is InChI=1S/C23H27N3O7S/c1-33-23(30)19-4-2-3-5-20(19)34(31,32)26-14-10-17(11-15-26)22(29)25-13-12-24-21(28)16-6-8-18(27)9-7-16/h2-9,17,27H,10-15H2,1H3,(H,24,28)(H,25,29). The molecule has 0 radical (unpaired) electrons. The third-order valence-corrected chi connectivity index (χ3v) is 7.53. The smallest absolute Gasteiger partial charge is 0.339 e. The van der Waals surface area contributed by atoms with E-state index in [0.29, 0.717) is 18.4 Å². The number of nitrogens with one attached hydrogen (secondary N) is 2. The Morgan fingerprint density at radius 1 is 1.00 bits per heavy atom. The summed E-state index contributed by atoms with van der Waals surface area (Å²) in [5.74, 6) is -1.54. The average Bonchev–Trinajstić information content (AvgIpc) is 2.86. The highest BCUT2D eigenvalue weighted by Gasteiger charge is 2.34. The fourth-order valence-corrected chi connectivity index (χ4v) is 5.34. The van der Waals surface area contributed by atoms with Gasteiger partial charge in [-0.15, -0.1) is 0 Å². The maximum atomic E-state index is 13.1. The highest BCUT2D eigenvalue weighted by Crippen LogP contribution is 2.26. The number of piperidine rings is 1. The van der Waals surface area contributed by atoms with Crippen LogP contribution in [0.3, 0.4) is 0 Å². The second kappa shape index (κ2) is 11.1. The van der Waals surface area contributed by atoms with Crippen molar-refractivity contribution in [3.8, 4) is 5.75 Å². The van der Waals surface area contributed by atoms with Crippen molar-refractivity contribution in [3.63, 3.8) is 0 Å². The zero-order chi connectivity index (χ0) is 24.7. The number of benzene rings is 2. The summed E-state index contributed by atoms with van der Waals surface area (Å²) in [5, 5.41) is 14.7. The van der Waals surface area contributed by atoms with Gasteiger partial charge in [-0.3, -0.25) is 9.59 Å². The van der Waals surface area contributed by atoms with Crippen LogP contribution in [0.25, 0.3) is 0 Å². The Bertz CT molecular complexity index is 1140. The number of nitrogens with zero attached hydrogens (tertiary/aromatic N) is 1. The van der Waals surface area contributed by atoms with Crippen LogP contribution in [0.2, 0.25) is 0 Å². The summed E-state index contributed by atoms with van der Waals surface area (Å²) in [6.45, 7) is 0.748. The average molecular weight is 490 g/mol. The third-order valence-electron chi connectivity index (χ3n) is 5.57. The Morgan fingerprint density at radius 2 is 1.62 bits per heavy atom. The van der Waals surface area contributed by atoms with Gasteiger partial charge in [0, 0.05) is 37.7 Å². The quantitative estimate of drug-likeness (QED) is 0.373. The predicted molar refractivity (Wildman–Crippen MR) is 123 cm³/mol. The minimum atomic E-state index is -3.92. The minimum Gasteiger partial charge on any atom is -0.508 e. The van der Waals surface area contributed by atoms with Crippen molar-refractivity contribution in [1.82, 2.24) is 14.9 Å². The number of hydrogen-bond acceptors (Lipinski definition) is 7. The van der Waals surface area contributed by atoms with Crippen LogP contribution in [0.15, 0.2) is 53.4 Å². The van der Waals surface area contributed by atoms with E-state index in [1.54, 1.807) is 12.1 Å². The molecule has 1 aliphatic heterocycles. The summed E-state index contributed by atoms with van der Waals surface area (Å²) in [5.41, 5.74) is 0.366. The number of aromatic hydroxyl groups is 1. The lowest BCUT2D eigenvalue weighted by Crippen LogP contribution is -2.44. The summed E-state index contributed by atoms with van der Waals surface area (Å²) < 4.78 is 32.1. The second-order valence-corrected chi connectivity index (χ2v) is 9.67. The van der Waals surface area contributed by atoms with E-state index in [2.05, 4.69) is 15.4 Å². The zero-order valence-electron chi connectivity index (χ0n) is 18.7. The van der Waals surface area contributed by atoms with Crippen molar-refractivity contribution in [2.24, 2.45) is 5.92 Å². The van der Waals surface area contributed by atoms with Gasteiger partial charge in [0.2, 0.25) is 15.9 Å². The first kappa shape index (κ1) is 25.2. The molecular weight excluding hydrogens is 462 g/mol. The molecule has 0 aromatic heterocycles. The summed E-state index contributed by atoms with van der Waals surface area (Å²) in [6, 6.07) is 11.7. The SMILES string of the molecule is COC(=O)c1ccccc1S(=O)(=O)N1CCC(C(=O)NCCNC(=O)c2ccc(O)cc2)CC1. The Balaban J connectivity index is 1.48. The van der Waals surface area contributed by atoms with Gasteiger partial charge in [0.05, 0.1) is 17.6 Å². The van der Waals surface area contributed by atoms with Crippen LogP contribution in [0, 0.1) is 5.92 Å². The van der Waals surface area contributed by atoms with E-state index in [9.17, 15) is 27.9 Å². The summed E-state index contributed by atoms with van der Waals surface area (Å²) in [4.78, 5) is 36.4. The summed E-state index contributed by atoms with van der Waals surface area (Å²) >= 11 is 0. The molecule has 1 aliphatic rings. The van der Waals surface area contributed by atoms with Gasteiger partial charge in [-0.05, 0) is 49.2 Å².